The molecular formula is C24H24N2O3S2. The van der Waals surface area contributed by atoms with Crippen molar-refractivity contribution in [1.29, 1.82) is 0 Å². The second kappa shape index (κ2) is 8.77. The summed E-state index contributed by atoms with van der Waals surface area (Å²) in [6.07, 6.45) is 1.72. The standard InChI is InChI=1S/C24H24N2O3S2/c1-4-5-12-26-18(21-14(2)11-13-30-21)17(20(28)24(26)29)19(27)22-15(3)25-23(31-22)16-9-7-6-8-10-16/h6-11,13,18,28H,4-5,12H2,1-3H3. The molecule has 1 amide bonds. The number of carbonyl (C=O) groups is 2. The molecular weight excluding hydrogens is 428 g/mol. The number of rotatable bonds is 7. The van der Waals surface area contributed by atoms with Gasteiger partial charge in [-0.3, -0.25) is 9.59 Å². The van der Waals surface area contributed by atoms with Gasteiger partial charge in [0.05, 0.1) is 22.2 Å². The van der Waals surface area contributed by atoms with Crippen LogP contribution in [0, 0.1) is 13.8 Å². The number of nitrogens with zero attached hydrogens (tertiary/aromatic N) is 2. The zero-order valence-electron chi connectivity index (χ0n) is 17.7. The van der Waals surface area contributed by atoms with Crippen LogP contribution in [-0.2, 0) is 4.79 Å². The van der Waals surface area contributed by atoms with Gasteiger partial charge in [0, 0.05) is 17.0 Å². The Kier molecular flexibility index (Phi) is 6.07. The number of hydrogen-bond acceptors (Lipinski definition) is 6. The third-order valence-corrected chi connectivity index (χ3v) is 7.75. The lowest BCUT2D eigenvalue weighted by Crippen LogP contribution is -2.32. The van der Waals surface area contributed by atoms with E-state index >= 15 is 0 Å². The van der Waals surface area contributed by atoms with Crippen molar-refractivity contribution in [1.82, 2.24) is 9.88 Å². The summed E-state index contributed by atoms with van der Waals surface area (Å²) >= 11 is 2.81. The summed E-state index contributed by atoms with van der Waals surface area (Å²) < 4.78 is 0. The van der Waals surface area contributed by atoms with Gasteiger partial charge in [-0.2, -0.15) is 0 Å². The number of amides is 1. The van der Waals surface area contributed by atoms with E-state index < -0.39 is 17.7 Å². The molecule has 3 aromatic rings. The minimum Gasteiger partial charge on any atom is -0.503 e. The number of thiazole rings is 1. The average molecular weight is 453 g/mol. The van der Waals surface area contributed by atoms with Crippen molar-refractivity contribution in [3.63, 3.8) is 0 Å². The summed E-state index contributed by atoms with van der Waals surface area (Å²) in [5, 5.41) is 13.5. The fourth-order valence-corrected chi connectivity index (χ4v) is 5.89. The zero-order valence-corrected chi connectivity index (χ0v) is 19.3. The normalized spacial score (nSPS) is 16.4. The van der Waals surface area contributed by atoms with E-state index in [-0.39, 0.29) is 11.4 Å². The molecule has 1 aliphatic heterocycles. The van der Waals surface area contributed by atoms with Crippen LogP contribution in [0.5, 0.6) is 0 Å². The van der Waals surface area contributed by atoms with E-state index in [0.29, 0.717) is 17.1 Å². The Balaban J connectivity index is 1.78. The molecule has 160 valence electrons. The number of hydrogen-bond donors (Lipinski definition) is 1. The minimum absolute atomic E-state index is 0.165. The van der Waals surface area contributed by atoms with Crippen LogP contribution in [-0.4, -0.2) is 33.2 Å². The van der Waals surface area contributed by atoms with Crippen LogP contribution >= 0.6 is 22.7 Å². The van der Waals surface area contributed by atoms with E-state index in [9.17, 15) is 14.7 Å². The third-order valence-electron chi connectivity index (χ3n) is 5.47. The zero-order chi connectivity index (χ0) is 22.1. The lowest BCUT2D eigenvalue weighted by Gasteiger charge is -2.26. The highest BCUT2D eigenvalue weighted by molar-refractivity contribution is 7.17. The van der Waals surface area contributed by atoms with Crippen molar-refractivity contribution < 1.29 is 14.7 Å². The monoisotopic (exact) mass is 452 g/mol. The number of Topliss-reactive ketones (excluding diaryl/α,β-unsaturated/α-hetero) is 1. The van der Waals surface area contributed by atoms with E-state index in [1.165, 1.54) is 22.7 Å². The first-order chi connectivity index (χ1) is 14.9. The van der Waals surface area contributed by atoms with Gasteiger partial charge >= 0.3 is 0 Å². The second-order valence-corrected chi connectivity index (χ2v) is 9.56. The van der Waals surface area contributed by atoms with Crippen molar-refractivity contribution in [2.45, 2.75) is 39.7 Å². The molecule has 1 atom stereocenters. The van der Waals surface area contributed by atoms with Gasteiger partial charge in [0.1, 0.15) is 5.01 Å². The third kappa shape index (κ3) is 3.83. The maximum Gasteiger partial charge on any atom is 0.290 e. The summed E-state index contributed by atoms with van der Waals surface area (Å²) in [4.78, 5) is 34.2. The van der Waals surface area contributed by atoms with Gasteiger partial charge in [-0.25, -0.2) is 4.98 Å². The van der Waals surface area contributed by atoms with E-state index in [2.05, 4.69) is 11.9 Å². The average Bonchev–Trinajstić information content (AvgIpc) is 3.44. The molecule has 0 saturated heterocycles. The molecule has 7 heteroatoms. The van der Waals surface area contributed by atoms with Crippen molar-refractivity contribution in [2.24, 2.45) is 0 Å². The summed E-state index contributed by atoms with van der Waals surface area (Å²) in [5.41, 5.74) is 2.72. The first-order valence-electron chi connectivity index (χ1n) is 10.3. The molecule has 0 fully saturated rings. The summed E-state index contributed by atoms with van der Waals surface area (Å²) in [5.74, 6) is -1.23. The maximum atomic E-state index is 13.7. The molecule has 0 aliphatic carbocycles. The number of ketones is 1. The Bertz CT molecular complexity index is 1160. The second-order valence-electron chi connectivity index (χ2n) is 7.61. The summed E-state index contributed by atoms with van der Waals surface area (Å²) in [6, 6.07) is 11.1. The fourth-order valence-electron chi connectivity index (χ4n) is 3.82. The topological polar surface area (TPSA) is 70.5 Å². The van der Waals surface area contributed by atoms with Gasteiger partial charge in [-0.1, -0.05) is 43.7 Å². The Morgan fingerprint density at radius 1 is 1.19 bits per heavy atom. The molecule has 31 heavy (non-hydrogen) atoms. The molecule has 0 radical (unpaired) electrons. The van der Waals surface area contributed by atoms with Crippen molar-refractivity contribution in [2.75, 3.05) is 6.54 Å². The molecule has 1 aliphatic rings. The molecule has 2 aromatic heterocycles. The highest BCUT2D eigenvalue weighted by atomic mass is 32.1. The van der Waals surface area contributed by atoms with Crippen LogP contribution in [0.15, 0.2) is 53.1 Å². The smallest absolute Gasteiger partial charge is 0.290 e. The molecule has 0 saturated carbocycles. The number of carbonyl (C=O) groups excluding carboxylic acids is 2. The highest BCUT2D eigenvalue weighted by Gasteiger charge is 2.45. The number of aromatic nitrogens is 1. The van der Waals surface area contributed by atoms with Crippen LogP contribution in [0.3, 0.4) is 0 Å². The molecule has 5 nitrogen and oxygen atoms in total. The van der Waals surface area contributed by atoms with E-state index in [4.69, 9.17) is 0 Å². The van der Waals surface area contributed by atoms with Crippen LogP contribution in [0.4, 0.5) is 0 Å². The van der Waals surface area contributed by atoms with Crippen molar-refractivity contribution >= 4 is 34.4 Å². The molecule has 1 N–H and O–H groups in total. The first kappa shape index (κ1) is 21.5. The van der Waals surface area contributed by atoms with Gasteiger partial charge in [0.25, 0.3) is 5.91 Å². The number of benzene rings is 1. The van der Waals surface area contributed by atoms with Crippen LogP contribution in [0.25, 0.3) is 10.6 Å². The number of aliphatic hydroxyl groups is 1. The Labute approximate surface area is 189 Å². The molecule has 1 unspecified atom stereocenters. The minimum atomic E-state index is -0.562. The highest BCUT2D eigenvalue weighted by Crippen LogP contribution is 2.43. The molecule has 4 rings (SSSR count). The molecule has 0 spiro atoms. The van der Waals surface area contributed by atoms with Gasteiger partial charge < -0.3 is 10.0 Å². The van der Waals surface area contributed by atoms with Crippen molar-refractivity contribution in [3.05, 3.63) is 74.1 Å². The fraction of sp³-hybridized carbons (Fsp3) is 0.292. The van der Waals surface area contributed by atoms with Gasteiger partial charge in [-0.15, -0.1) is 22.7 Å². The predicted octanol–water partition coefficient (Wildman–Crippen LogP) is 5.87. The number of unbranched alkanes of at least 4 members (excludes halogenated alkanes) is 1. The van der Waals surface area contributed by atoms with Gasteiger partial charge in [0.15, 0.2) is 5.76 Å². The first-order valence-corrected chi connectivity index (χ1v) is 12.0. The van der Waals surface area contributed by atoms with E-state index in [1.807, 2.05) is 48.7 Å². The predicted molar refractivity (Wildman–Crippen MR) is 125 cm³/mol. The van der Waals surface area contributed by atoms with Crippen LogP contribution in [0.2, 0.25) is 0 Å². The SMILES string of the molecule is CCCCN1C(=O)C(O)=C(C(=O)c2sc(-c3ccccc3)nc2C)C1c1sccc1C. The number of aliphatic hydroxyl groups excluding tert-OH is 1. The molecule has 1 aromatic carbocycles. The lowest BCUT2D eigenvalue weighted by atomic mass is 9.98. The van der Waals surface area contributed by atoms with Gasteiger partial charge in [0.2, 0.25) is 5.78 Å². The Morgan fingerprint density at radius 2 is 1.94 bits per heavy atom. The van der Waals surface area contributed by atoms with Crippen LogP contribution < -0.4 is 0 Å². The Morgan fingerprint density at radius 3 is 2.58 bits per heavy atom. The Hall–Kier alpha value is -2.77. The maximum absolute atomic E-state index is 13.7. The molecule has 3 heterocycles. The summed E-state index contributed by atoms with van der Waals surface area (Å²) in [7, 11) is 0. The van der Waals surface area contributed by atoms with Gasteiger partial charge in [-0.05, 0) is 37.3 Å². The number of thiophene rings is 1. The van der Waals surface area contributed by atoms with E-state index in [0.717, 1.165) is 33.9 Å². The number of aryl methyl sites for hydroxylation is 2. The van der Waals surface area contributed by atoms with Crippen LogP contribution in [0.1, 0.15) is 51.6 Å². The largest absolute Gasteiger partial charge is 0.503 e. The van der Waals surface area contributed by atoms with E-state index in [1.54, 1.807) is 11.8 Å². The lowest BCUT2D eigenvalue weighted by molar-refractivity contribution is -0.129. The molecule has 0 bridgehead atoms. The summed E-state index contributed by atoms with van der Waals surface area (Å²) in [6.45, 7) is 6.31. The van der Waals surface area contributed by atoms with Crippen molar-refractivity contribution in [3.8, 4) is 10.6 Å². The quantitative estimate of drug-likeness (QED) is 0.455.